The minimum absolute atomic E-state index is 0.0180. The van der Waals surface area contributed by atoms with Crippen LogP contribution < -0.4 is 5.43 Å². The van der Waals surface area contributed by atoms with E-state index in [9.17, 15) is 9.18 Å². The Morgan fingerprint density at radius 1 is 1.21 bits per heavy atom. The number of halogens is 3. The summed E-state index contributed by atoms with van der Waals surface area (Å²) in [6.45, 7) is 0. The van der Waals surface area contributed by atoms with Crippen molar-refractivity contribution in [1.82, 2.24) is 14.8 Å². The van der Waals surface area contributed by atoms with E-state index < -0.39 is 17.1 Å². The predicted molar refractivity (Wildman–Crippen MR) is 102 cm³/mol. The average molecular weight is 397 g/mol. The van der Waals surface area contributed by atoms with Gasteiger partial charge in [-0.05, 0) is 30.3 Å². The largest absolute Gasteiger partial charge is 0.354 e. The molecule has 1 N–H and O–H groups in total. The molecule has 0 aliphatic heterocycles. The summed E-state index contributed by atoms with van der Waals surface area (Å²) in [5, 5.41) is 13.1. The molecule has 0 bridgehead atoms. The van der Waals surface area contributed by atoms with Gasteiger partial charge in [-0.2, -0.15) is 10.4 Å². The molecule has 0 fully saturated rings. The second kappa shape index (κ2) is 6.59. The molecule has 0 unspecified atom stereocenters. The highest BCUT2D eigenvalue weighted by Crippen LogP contribution is 2.32. The smallest absolute Gasteiger partial charge is 0.193 e. The maximum atomic E-state index is 15.0. The zero-order valence-electron chi connectivity index (χ0n) is 14.4. The van der Waals surface area contributed by atoms with Gasteiger partial charge in [0.15, 0.2) is 5.43 Å². The number of hydrogen-bond donors (Lipinski definition) is 1. The first-order valence-electron chi connectivity index (χ1n) is 8.14. The van der Waals surface area contributed by atoms with Crippen molar-refractivity contribution in [2.75, 3.05) is 0 Å². The van der Waals surface area contributed by atoms with Crippen molar-refractivity contribution in [3.8, 4) is 28.6 Å². The topological polar surface area (TPSA) is 74.5 Å². The van der Waals surface area contributed by atoms with Crippen molar-refractivity contribution in [3.05, 3.63) is 75.0 Å². The molecule has 5 nitrogen and oxygen atoms in total. The molecule has 2 aromatic carbocycles. The first-order valence-corrected chi connectivity index (χ1v) is 8.52. The van der Waals surface area contributed by atoms with Crippen molar-refractivity contribution in [1.29, 1.82) is 5.26 Å². The van der Waals surface area contributed by atoms with E-state index in [0.29, 0.717) is 16.1 Å². The Balaban J connectivity index is 1.99. The molecule has 4 rings (SSSR count). The van der Waals surface area contributed by atoms with E-state index in [1.807, 2.05) is 6.07 Å². The average Bonchev–Trinajstić information content (AvgIpc) is 3.07. The van der Waals surface area contributed by atoms with Crippen LogP contribution in [0.3, 0.4) is 0 Å². The number of nitrogens with zero attached hydrogens (tertiary/aromatic N) is 3. The van der Waals surface area contributed by atoms with Gasteiger partial charge in [0.05, 0.1) is 39.5 Å². The number of H-pyrrole nitrogens is 1. The molecule has 8 heteroatoms. The van der Waals surface area contributed by atoms with Crippen molar-refractivity contribution >= 4 is 22.5 Å². The highest BCUT2D eigenvalue weighted by atomic mass is 35.5. The molecule has 0 spiro atoms. The summed E-state index contributed by atoms with van der Waals surface area (Å²) in [7, 11) is 1.62. The summed E-state index contributed by atoms with van der Waals surface area (Å²) in [5.41, 5.74) is 0.0394. The van der Waals surface area contributed by atoms with Gasteiger partial charge in [-0.15, -0.1) is 0 Å². The zero-order chi connectivity index (χ0) is 20.0. The molecule has 138 valence electrons. The Morgan fingerprint density at radius 2 is 2.00 bits per heavy atom. The second-order valence-electron chi connectivity index (χ2n) is 6.20. The van der Waals surface area contributed by atoms with Gasteiger partial charge >= 0.3 is 0 Å². The van der Waals surface area contributed by atoms with E-state index in [4.69, 9.17) is 16.9 Å². The fraction of sp³-hybridized carbons (Fsp3) is 0.0500. The van der Waals surface area contributed by atoms with Crippen molar-refractivity contribution in [2.45, 2.75) is 0 Å². The van der Waals surface area contributed by atoms with E-state index >= 15 is 4.39 Å². The van der Waals surface area contributed by atoms with Crippen molar-refractivity contribution < 1.29 is 8.78 Å². The van der Waals surface area contributed by atoms with Gasteiger partial charge in [0.25, 0.3) is 0 Å². The van der Waals surface area contributed by atoms with Gasteiger partial charge in [0.1, 0.15) is 11.6 Å². The van der Waals surface area contributed by atoms with Crippen LogP contribution in [0.2, 0.25) is 5.02 Å². The number of nitriles is 1. The van der Waals surface area contributed by atoms with Crippen LogP contribution in [0, 0.1) is 23.0 Å². The number of fused-ring (bicyclic) bond motifs is 1. The summed E-state index contributed by atoms with van der Waals surface area (Å²) < 4.78 is 31.1. The molecule has 0 saturated carbocycles. The molecule has 4 aromatic rings. The lowest BCUT2D eigenvalue weighted by Crippen LogP contribution is -2.08. The zero-order valence-corrected chi connectivity index (χ0v) is 15.2. The molecule has 28 heavy (non-hydrogen) atoms. The minimum Gasteiger partial charge on any atom is -0.354 e. The number of pyridine rings is 1. The normalized spacial score (nSPS) is 11.0. The molecular weight excluding hydrogens is 386 g/mol. The van der Waals surface area contributed by atoms with Crippen LogP contribution in [0.25, 0.3) is 33.4 Å². The number of rotatable bonds is 2. The molecular formula is C20H11ClF2N4O. The maximum Gasteiger partial charge on any atom is 0.193 e. The SMILES string of the molecule is Cn1ccc(-c2c(F)cc3[nH]c(-c4cc(C#N)ccc4Cl)cc(=O)c3c2F)n1. The van der Waals surface area contributed by atoms with Crippen molar-refractivity contribution in [2.24, 2.45) is 7.05 Å². The quantitative estimate of drug-likeness (QED) is 0.545. The number of aromatic amines is 1. The minimum atomic E-state index is -0.988. The van der Waals surface area contributed by atoms with E-state index in [1.165, 1.54) is 35.0 Å². The summed E-state index contributed by atoms with van der Waals surface area (Å²) in [5.74, 6) is -1.84. The van der Waals surface area contributed by atoms with Crippen LogP contribution >= 0.6 is 11.6 Å². The third-order valence-electron chi connectivity index (χ3n) is 4.36. The Labute approximate surface area is 162 Å². The van der Waals surface area contributed by atoms with Gasteiger partial charge in [0.2, 0.25) is 0 Å². The van der Waals surface area contributed by atoms with Crippen LogP contribution in [0.15, 0.2) is 47.4 Å². The van der Waals surface area contributed by atoms with Crippen LogP contribution in [0.4, 0.5) is 8.78 Å². The van der Waals surface area contributed by atoms with E-state index in [1.54, 1.807) is 13.2 Å². The second-order valence-corrected chi connectivity index (χ2v) is 6.61. The lowest BCUT2D eigenvalue weighted by atomic mass is 10.0. The lowest BCUT2D eigenvalue weighted by molar-refractivity contribution is 0.595. The lowest BCUT2D eigenvalue weighted by Gasteiger charge is -2.10. The van der Waals surface area contributed by atoms with Crippen molar-refractivity contribution in [3.63, 3.8) is 0 Å². The van der Waals surface area contributed by atoms with E-state index in [2.05, 4.69) is 10.1 Å². The molecule has 2 heterocycles. The third-order valence-corrected chi connectivity index (χ3v) is 4.69. The van der Waals surface area contributed by atoms with Crippen LogP contribution in [-0.2, 0) is 7.05 Å². The van der Waals surface area contributed by atoms with Gasteiger partial charge < -0.3 is 4.98 Å². The Bertz CT molecular complexity index is 1350. The highest BCUT2D eigenvalue weighted by Gasteiger charge is 2.20. The first kappa shape index (κ1) is 17.9. The number of nitrogens with one attached hydrogen (secondary N) is 1. The monoisotopic (exact) mass is 396 g/mol. The predicted octanol–water partition coefficient (Wildman–Crippen LogP) is 4.40. The molecule has 0 saturated heterocycles. The summed E-state index contributed by atoms with van der Waals surface area (Å²) >= 11 is 6.17. The Kier molecular flexibility index (Phi) is 4.21. The standard InChI is InChI=1S/C20H11ClF2N4O/c1-27-5-4-14(26-27)18-13(22)7-16-19(20(18)23)17(28)8-15(25-16)11-6-10(9-24)2-3-12(11)21/h2-8H,1H3,(H,25,28). The van der Waals surface area contributed by atoms with Gasteiger partial charge in [-0.3, -0.25) is 9.48 Å². The Morgan fingerprint density at radius 3 is 2.68 bits per heavy atom. The van der Waals surface area contributed by atoms with E-state index in [0.717, 1.165) is 6.07 Å². The maximum absolute atomic E-state index is 15.0. The summed E-state index contributed by atoms with van der Waals surface area (Å²) in [4.78, 5) is 15.5. The molecule has 0 aliphatic rings. The molecule has 0 amide bonds. The fourth-order valence-electron chi connectivity index (χ4n) is 3.07. The van der Waals surface area contributed by atoms with Gasteiger partial charge in [0, 0.05) is 29.9 Å². The van der Waals surface area contributed by atoms with Crippen LogP contribution in [-0.4, -0.2) is 14.8 Å². The number of hydrogen-bond acceptors (Lipinski definition) is 3. The summed E-state index contributed by atoms with van der Waals surface area (Å²) in [6, 6.07) is 10.2. The molecule has 0 atom stereocenters. The van der Waals surface area contributed by atoms with E-state index in [-0.39, 0.29) is 27.9 Å². The van der Waals surface area contributed by atoms with Crippen LogP contribution in [0.1, 0.15) is 5.56 Å². The number of aromatic nitrogens is 3. The highest BCUT2D eigenvalue weighted by molar-refractivity contribution is 6.33. The third kappa shape index (κ3) is 2.84. The Hall–Kier alpha value is -3.50. The molecule has 0 aliphatic carbocycles. The first-order chi connectivity index (χ1) is 13.4. The molecule has 2 aromatic heterocycles. The number of aryl methyl sites for hydroxylation is 1. The van der Waals surface area contributed by atoms with Gasteiger partial charge in [-0.25, -0.2) is 8.78 Å². The number of benzene rings is 2. The van der Waals surface area contributed by atoms with Crippen LogP contribution in [0.5, 0.6) is 0 Å². The molecule has 0 radical (unpaired) electrons. The fourth-order valence-corrected chi connectivity index (χ4v) is 3.29. The van der Waals surface area contributed by atoms with Gasteiger partial charge in [-0.1, -0.05) is 11.6 Å². The summed E-state index contributed by atoms with van der Waals surface area (Å²) in [6.07, 6.45) is 1.55.